The number of anilines is 1. The van der Waals surface area contributed by atoms with E-state index >= 15 is 0 Å². The van der Waals surface area contributed by atoms with Crippen LogP contribution in [-0.2, 0) is 4.79 Å². The Labute approximate surface area is 188 Å². The van der Waals surface area contributed by atoms with Crippen molar-refractivity contribution in [3.05, 3.63) is 48.0 Å². The maximum atomic E-state index is 12.9. The van der Waals surface area contributed by atoms with E-state index in [0.717, 1.165) is 0 Å². The number of methoxy groups -OCH3 is 2. The number of carbonyl (C=O) groups is 2. The van der Waals surface area contributed by atoms with Crippen LogP contribution in [0, 0.1) is 12.3 Å². The quantitative estimate of drug-likeness (QED) is 0.424. The molecule has 2 N–H and O–H groups in total. The number of hydrogen-bond donors (Lipinski definition) is 2. The lowest BCUT2D eigenvalue weighted by Crippen LogP contribution is -2.46. The zero-order valence-corrected chi connectivity index (χ0v) is 19.1. The molecule has 2 amide bonds. The monoisotopic (exact) mass is 440 g/mol. The molecule has 0 spiro atoms. The normalized spacial score (nSPS) is 10.7. The number of rotatable bonds is 10. The zero-order chi connectivity index (χ0) is 22.9. The van der Waals surface area contributed by atoms with Crippen molar-refractivity contribution in [2.45, 2.75) is 37.1 Å². The van der Waals surface area contributed by atoms with Gasteiger partial charge in [0, 0.05) is 16.6 Å². The summed E-state index contributed by atoms with van der Waals surface area (Å²) in [6.07, 6.45) is 6.93. The van der Waals surface area contributed by atoms with Crippen LogP contribution < -0.4 is 20.1 Å². The number of amides is 2. The first-order chi connectivity index (χ1) is 14.9. The van der Waals surface area contributed by atoms with Crippen LogP contribution in [0.2, 0.25) is 0 Å². The largest absolute Gasteiger partial charge is 0.493 e. The third-order valence-electron chi connectivity index (χ3n) is 4.99. The van der Waals surface area contributed by atoms with Crippen molar-refractivity contribution in [3.8, 4) is 23.8 Å². The van der Waals surface area contributed by atoms with E-state index < -0.39 is 5.54 Å². The lowest BCUT2D eigenvalue weighted by atomic mass is 9.93. The maximum absolute atomic E-state index is 12.9. The minimum atomic E-state index is -0.681. The Bertz CT molecular complexity index is 964. The summed E-state index contributed by atoms with van der Waals surface area (Å²) in [6, 6.07) is 12.3. The molecule has 0 aliphatic carbocycles. The van der Waals surface area contributed by atoms with Crippen LogP contribution in [0.4, 0.5) is 5.69 Å². The number of terminal acetylenes is 1. The highest BCUT2D eigenvalue weighted by Crippen LogP contribution is 2.30. The minimum Gasteiger partial charge on any atom is -0.493 e. The second-order valence-corrected chi connectivity index (χ2v) is 7.81. The molecule has 164 valence electrons. The first kappa shape index (κ1) is 24.2. The van der Waals surface area contributed by atoms with Crippen molar-refractivity contribution in [2.75, 3.05) is 25.3 Å². The molecule has 0 unspecified atom stereocenters. The highest BCUT2D eigenvalue weighted by atomic mass is 32.2. The molecule has 0 fully saturated rings. The highest BCUT2D eigenvalue weighted by molar-refractivity contribution is 8.00. The zero-order valence-electron chi connectivity index (χ0n) is 18.3. The summed E-state index contributed by atoms with van der Waals surface area (Å²) in [4.78, 5) is 26.0. The van der Waals surface area contributed by atoms with E-state index in [9.17, 15) is 9.59 Å². The van der Waals surface area contributed by atoms with Gasteiger partial charge in [-0.3, -0.25) is 9.59 Å². The van der Waals surface area contributed by atoms with Gasteiger partial charge in [-0.15, -0.1) is 18.2 Å². The van der Waals surface area contributed by atoms with Gasteiger partial charge in [-0.1, -0.05) is 31.9 Å². The minimum absolute atomic E-state index is 0.139. The number of thioether (sulfide) groups is 1. The predicted octanol–water partition coefficient (Wildman–Crippen LogP) is 4.36. The van der Waals surface area contributed by atoms with E-state index in [1.54, 1.807) is 37.4 Å². The van der Waals surface area contributed by atoms with Crippen LogP contribution in [0.25, 0.3) is 0 Å². The van der Waals surface area contributed by atoms with Crippen molar-refractivity contribution < 1.29 is 19.1 Å². The topological polar surface area (TPSA) is 76.7 Å². The molecule has 0 aromatic heterocycles. The lowest BCUT2D eigenvalue weighted by molar-refractivity contribution is -0.113. The van der Waals surface area contributed by atoms with Crippen LogP contribution >= 0.6 is 11.8 Å². The summed E-state index contributed by atoms with van der Waals surface area (Å²) in [6.45, 7) is 3.89. The standard InChI is InChI=1S/C24H28N2O4S/c1-6-24(7-2,8-3)26-23(28)18-11-9-10-12-21(18)31-16-22(27)25-17-13-14-19(29-4)20(15-17)30-5/h1,9-15H,7-8,16H2,2-5H3,(H,25,27)(H,26,28). The Morgan fingerprint density at radius 1 is 1.06 bits per heavy atom. The molecule has 2 aromatic rings. The molecule has 0 aliphatic heterocycles. The number of benzene rings is 2. The van der Waals surface area contributed by atoms with E-state index in [1.165, 1.54) is 18.9 Å². The van der Waals surface area contributed by atoms with Crippen LogP contribution in [0.15, 0.2) is 47.4 Å². The van der Waals surface area contributed by atoms with Gasteiger partial charge in [-0.25, -0.2) is 0 Å². The second kappa shape index (κ2) is 11.3. The van der Waals surface area contributed by atoms with Gasteiger partial charge in [0.25, 0.3) is 5.91 Å². The van der Waals surface area contributed by atoms with Gasteiger partial charge in [-0.2, -0.15) is 0 Å². The summed E-state index contributed by atoms with van der Waals surface area (Å²) < 4.78 is 10.5. The average molecular weight is 441 g/mol. The molecule has 0 bridgehead atoms. The van der Waals surface area contributed by atoms with Gasteiger partial charge >= 0.3 is 0 Å². The van der Waals surface area contributed by atoms with Crippen LogP contribution in [0.3, 0.4) is 0 Å². The SMILES string of the molecule is C#CC(CC)(CC)NC(=O)c1ccccc1SCC(=O)Nc1ccc(OC)c(OC)c1. The van der Waals surface area contributed by atoms with Crippen LogP contribution in [0.5, 0.6) is 11.5 Å². The van der Waals surface area contributed by atoms with Gasteiger partial charge in [-0.05, 0) is 37.1 Å². The third-order valence-corrected chi connectivity index (χ3v) is 6.07. The molecule has 6 nitrogen and oxygen atoms in total. The number of hydrogen-bond acceptors (Lipinski definition) is 5. The Morgan fingerprint density at radius 2 is 1.74 bits per heavy atom. The molecular formula is C24H28N2O4S. The fourth-order valence-corrected chi connectivity index (χ4v) is 3.84. The van der Waals surface area contributed by atoms with Gasteiger partial charge in [0.2, 0.25) is 5.91 Å². The molecule has 7 heteroatoms. The fourth-order valence-electron chi connectivity index (χ4n) is 2.99. The van der Waals surface area contributed by atoms with Crippen molar-refractivity contribution in [1.82, 2.24) is 5.32 Å². The molecule has 2 aromatic carbocycles. The number of ether oxygens (including phenoxy) is 2. The van der Waals surface area contributed by atoms with E-state index in [2.05, 4.69) is 16.6 Å². The average Bonchev–Trinajstić information content (AvgIpc) is 2.81. The van der Waals surface area contributed by atoms with E-state index in [-0.39, 0.29) is 17.6 Å². The summed E-state index contributed by atoms with van der Waals surface area (Å²) >= 11 is 1.29. The summed E-state index contributed by atoms with van der Waals surface area (Å²) in [5, 5.41) is 5.80. The number of carbonyl (C=O) groups excluding carboxylic acids is 2. The Balaban J connectivity index is 2.07. The van der Waals surface area contributed by atoms with Crippen LogP contribution in [0.1, 0.15) is 37.0 Å². The molecule has 31 heavy (non-hydrogen) atoms. The lowest BCUT2D eigenvalue weighted by Gasteiger charge is -2.27. The van der Waals surface area contributed by atoms with Crippen LogP contribution in [-0.4, -0.2) is 37.3 Å². The van der Waals surface area contributed by atoms with Crippen molar-refractivity contribution in [1.29, 1.82) is 0 Å². The summed E-state index contributed by atoms with van der Waals surface area (Å²) in [5.74, 6) is 3.51. The molecule has 0 saturated carbocycles. The molecule has 0 aliphatic rings. The van der Waals surface area contributed by atoms with Gasteiger partial charge < -0.3 is 20.1 Å². The third kappa shape index (κ3) is 6.19. The fraction of sp³-hybridized carbons (Fsp3) is 0.333. The van der Waals surface area contributed by atoms with E-state index in [1.807, 2.05) is 26.0 Å². The first-order valence-electron chi connectivity index (χ1n) is 9.95. The van der Waals surface area contributed by atoms with Crippen molar-refractivity contribution in [2.24, 2.45) is 0 Å². The van der Waals surface area contributed by atoms with E-state index in [0.29, 0.717) is 40.5 Å². The Morgan fingerprint density at radius 3 is 2.35 bits per heavy atom. The summed E-state index contributed by atoms with van der Waals surface area (Å²) in [5.41, 5.74) is 0.409. The van der Waals surface area contributed by atoms with Gasteiger partial charge in [0.1, 0.15) is 5.54 Å². The van der Waals surface area contributed by atoms with Gasteiger partial charge in [0.15, 0.2) is 11.5 Å². The molecule has 0 heterocycles. The molecular weight excluding hydrogens is 412 g/mol. The predicted molar refractivity (Wildman–Crippen MR) is 125 cm³/mol. The first-order valence-corrected chi connectivity index (χ1v) is 10.9. The van der Waals surface area contributed by atoms with Gasteiger partial charge in [0.05, 0.1) is 25.5 Å². The summed E-state index contributed by atoms with van der Waals surface area (Å²) in [7, 11) is 3.09. The Hall–Kier alpha value is -3.11. The van der Waals surface area contributed by atoms with Crippen molar-refractivity contribution >= 4 is 29.3 Å². The van der Waals surface area contributed by atoms with E-state index in [4.69, 9.17) is 15.9 Å². The maximum Gasteiger partial charge on any atom is 0.253 e. The smallest absolute Gasteiger partial charge is 0.253 e. The molecule has 2 rings (SSSR count). The van der Waals surface area contributed by atoms with Crippen molar-refractivity contribution in [3.63, 3.8) is 0 Å². The second-order valence-electron chi connectivity index (χ2n) is 6.79. The Kier molecular flexibility index (Phi) is 8.83. The molecule has 0 saturated heterocycles. The molecule has 0 radical (unpaired) electrons. The highest BCUT2D eigenvalue weighted by Gasteiger charge is 2.26. The number of nitrogens with one attached hydrogen (secondary N) is 2. The molecule has 0 atom stereocenters.